The topological polar surface area (TPSA) is 27.1 Å². The standard InChI is InChI=1S/C20H24N2/c21-13-10-17-6-8-20(9-7-17)22-14-11-19(12-15-22)16-18-4-2-1-3-5-18/h1-9,13,19,21H,10-12,14-16H2. The molecule has 3 rings (SSSR count). The SMILES string of the molecule is N=CCc1ccc(N2CCC(Cc3ccccc3)CC2)cc1. The highest BCUT2D eigenvalue weighted by Crippen LogP contribution is 2.26. The van der Waals surface area contributed by atoms with Crippen LogP contribution in [-0.4, -0.2) is 19.3 Å². The first-order valence-electron chi connectivity index (χ1n) is 8.22. The molecule has 0 atom stereocenters. The van der Waals surface area contributed by atoms with Gasteiger partial charge in [0.1, 0.15) is 0 Å². The highest BCUT2D eigenvalue weighted by atomic mass is 15.1. The van der Waals surface area contributed by atoms with E-state index in [0.29, 0.717) is 0 Å². The van der Waals surface area contributed by atoms with Crippen molar-refractivity contribution in [2.75, 3.05) is 18.0 Å². The first kappa shape index (κ1) is 14.8. The molecule has 0 bridgehead atoms. The summed E-state index contributed by atoms with van der Waals surface area (Å²) in [5, 5.41) is 7.17. The predicted molar refractivity (Wildman–Crippen MR) is 94.0 cm³/mol. The van der Waals surface area contributed by atoms with Crippen LogP contribution in [0.4, 0.5) is 5.69 Å². The van der Waals surface area contributed by atoms with Crippen molar-refractivity contribution >= 4 is 11.9 Å². The van der Waals surface area contributed by atoms with Crippen molar-refractivity contribution < 1.29 is 0 Å². The van der Waals surface area contributed by atoms with E-state index in [-0.39, 0.29) is 0 Å². The predicted octanol–water partition coefficient (Wildman–Crippen LogP) is 4.34. The molecule has 0 saturated carbocycles. The van der Waals surface area contributed by atoms with Crippen LogP contribution in [0.2, 0.25) is 0 Å². The fourth-order valence-corrected chi connectivity index (χ4v) is 3.30. The molecule has 22 heavy (non-hydrogen) atoms. The molecule has 0 radical (unpaired) electrons. The fourth-order valence-electron chi connectivity index (χ4n) is 3.30. The van der Waals surface area contributed by atoms with E-state index in [1.54, 1.807) is 0 Å². The van der Waals surface area contributed by atoms with E-state index in [1.807, 2.05) is 0 Å². The minimum absolute atomic E-state index is 0.736. The molecule has 2 nitrogen and oxygen atoms in total. The maximum Gasteiger partial charge on any atom is 0.0366 e. The first-order valence-corrected chi connectivity index (χ1v) is 8.22. The molecule has 1 N–H and O–H groups in total. The third-order valence-corrected chi connectivity index (χ3v) is 4.62. The molecule has 2 aromatic rings. The maximum absolute atomic E-state index is 7.17. The quantitative estimate of drug-likeness (QED) is 0.816. The molecule has 2 aromatic carbocycles. The summed E-state index contributed by atoms with van der Waals surface area (Å²) in [6.07, 6.45) is 5.96. The van der Waals surface area contributed by atoms with E-state index >= 15 is 0 Å². The van der Waals surface area contributed by atoms with Crippen LogP contribution in [0.1, 0.15) is 24.0 Å². The van der Waals surface area contributed by atoms with Crippen molar-refractivity contribution in [2.24, 2.45) is 5.92 Å². The normalized spacial score (nSPS) is 15.7. The van der Waals surface area contributed by atoms with Gasteiger partial charge in [-0.25, -0.2) is 0 Å². The van der Waals surface area contributed by atoms with Gasteiger partial charge in [0.2, 0.25) is 0 Å². The summed E-state index contributed by atoms with van der Waals surface area (Å²) in [5.41, 5.74) is 4.02. The summed E-state index contributed by atoms with van der Waals surface area (Å²) in [6, 6.07) is 19.6. The Morgan fingerprint density at radius 3 is 2.23 bits per heavy atom. The van der Waals surface area contributed by atoms with Gasteiger partial charge in [0.05, 0.1) is 0 Å². The number of benzene rings is 2. The maximum atomic E-state index is 7.17. The molecule has 1 saturated heterocycles. The largest absolute Gasteiger partial charge is 0.372 e. The van der Waals surface area contributed by atoms with Crippen LogP contribution in [0.15, 0.2) is 54.6 Å². The van der Waals surface area contributed by atoms with E-state index in [2.05, 4.69) is 59.5 Å². The van der Waals surface area contributed by atoms with E-state index in [1.165, 1.54) is 42.3 Å². The highest BCUT2D eigenvalue weighted by molar-refractivity contribution is 5.59. The Labute approximate surface area is 133 Å². The van der Waals surface area contributed by atoms with Gasteiger partial charge >= 0.3 is 0 Å². The first-order chi connectivity index (χ1) is 10.8. The lowest BCUT2D eigenvalue weighted by molar-refractivity contribution is 0.404. The van der Waals surface area contributed by atoms with Crippen LogP contribution in [0, 0.1) is 11.3 Å². The van der Waals surface area contributed by atoms with Gasteiger partial charge in [0.25, 0.3) is 0 Å². The van der Waals surface area contributed by atoms with Crippen molar-refractivity contribution in [3.05, 3.63) is 65.7 Å². The van der Waals surface area contributed by atoms with E-state index in [0.717, 1.165) is 25.4 Å². The van der Waals surface area contributed by atoms with Gasteiger partial charge in [-0.3, -0.25) is 0 Å². The number of nitrogens with zero attached hydrogens (tertiary/aromatic N) is 1. The van der Waals surface area contributed by atoms with E-state index in [9.17, 15) is 0 Å². The number of hydrogen-bond donors (Lipinski definition) is 1. The molecular formula is C20H24N2. The summed E-state index contributed by atoms with van der Waals surface area (Å²) >= 11 is 0. The molecule has 114 valence electrons. The third kappa shape index (κ3) is 3.76. The van der Waals surface area contributed by atoms with Crippen molar-refractivity contribution in [2.45, 2.75) is 25.7 Å². The van der Waals surface area contributed by atoms with Crippen LogP contribution in [0.5, 0.6) is 0 Å². The van der Waals surface area contributed by atoms with Gasteiger partial charge in [-0.05, 0) is 54.7 Å². The molecular weight excluding hydrogens is 268 g/mol. The smallest absolute Gasteiger partial charge is 0.0366 e. The average Bonchev–Trinajstić information content (AvgIpc) is 2.58. The lowest BCUT2D eigenvalue weighted by atomic mass is 9.90. The average molecular weight is 292 g/mol. The summed E-state index contributed by atoms with van der Waals surface area (Å²) in [4.78, 5) is 2.50. The van der Waals surface area contributed by atoms with Gasteiger partial charge < -0.3 is 10.3 Å². The molecule has 0 aliphatic carbocycles. The van der Waals surface area contributed by atoms with Crippen LogP contribution in [0.25, 0.3) is 0 Å². The van der Waals surface area contributed by atoms with Gasteiger partial charge in [-0.1, -0.05) is 42.5 Å². The highest BCUT2D eigenvalue weighted by Gasteiger charge is 2.19. The minimum Gasteiger partial charge on any atom is -0.372 e. The molecule has 1 fully saturated rings. The number of anilines is 1. The lowest BCUT2D eigenvalue weighted by Gasteiger charge is -2.33. The van der Waals surface area contributed by atoms with Crippen molar-refractivity contribution in [3.8, 4) is 0 Å². The molecule has 0 amide bonds. The zero-order chi connectivity index (χ0) is 15.2. The summed E-state index contributed by atoms with van der Waals surface area (Å²) in [6.45, 7) is 2.31. The second-order valence-corrected chi connectivity index (χ2v) is 6.19. The Morgan fingerprint density at radius 1 is 0.909 bits per heavy atom. The minimum atomic E-state index is 0.736. The van der Waals surface area contributed by atoms with Crippen molar-refractivity contribution in [3.63, 3.8) is 0 Å². The summed E-state index contributed by atoms with van der Waals surface area (Å²) < 4.78 is 0. The Hall–Kier alpha value is -2.09. The van der Waals surface area contributed by atoms with Crippen LogP contribution >= 0.6 is 0 Å². The van der Waals surface area contributed by atoms with Crippen molar-refractivity contribution in [1.82, 2.24) is 0 Å². The van der Waals surface area contributed by atoms with Crippen LogP contribution in [-0.2, 0) is 12.8 Å². The molecule has 0 spiro atoms. The van der Waals surface area contributed by atoms with E-state index < -0.39 is 0 Å². The molecule has 1 aliphatic rings. The van der Waals surface area contributed by atoms with Gasteiger partial charge in [0.15, 0.2) is 0 Å². The van der Waals surface area contributed by atoms with Gasteiger partial charge in [-0.2, -0.15) is 0 Å². The number of rotatable bonds is 5. The zero-order valence-electron chi connectivity index (χ0n) is 13.0. The second-order valence-electron chi connectivity index (χ2n) is 6.19. The second kappa shape index (κ2) is 7.26. The molecule has 0 unspecified atom stereocenters. The Morgan fingerprint density at radius 2 is 1.59 bits per heavy atom. The van der Waals surface area contributed by atoms with Gasteiger partial charge in [-0.15, -0.1) is 0 Å². The Kier molecular flexibility index (Phi) is 4.89. The number of piperidine rings is 1. The number of nitrogens with one attached hydrogen (secondary N) is 1. The molecule has 2 heteroatoms. The van der Waals surface area contributed by atoms with Crippen LogP contribution in [0.3, 0.4) is 0 Å². The van der Waals surface area contributed by atoms with Crippen molar-refractivity contribution in [1.29, 1.82) is 5.41 Å². The zero-order valence-corrected chi connectivity index (χ0v) is 13.0. The van der Waals surface area contributed by atoms with Gasteiger partial charge in [0, 0.05) is 25.2 Å². The number of hydrogen-bond acceptors (Lipinski definition) is 2. The van der Waals surface area contributed by atoms with E-state index in [4.69, 9.17) is 5.41 Å². The summed E-state index contributed by atoms with van der Waals surface area (Å²) in [5.74, 6) is 0.816. The Balaban J connectivity index is 1.54. The molecule has 1 aliphatic heterocycles. The Bertz CT molecular complexity index is 581. The third-order valence-electron chi connectivity index (χ3n) is 4.62. The summed E-state index contributed by atoms with van der Waals surface area (Å²) in [7, 11) is 0. The monoisotopic (exact) mass is 292 g/mol. The van der Waals surface area contributed by atoms with Crippen LogP contribution < -0.4 is 4.90 Å². The fraction of sp³-hybridized carbons (Fsp3) is 0.350. The molecule has 0 aromatic heterocycles. The lowest BCUT2D eigenvalue weighted by Crippen LogP contribution is -2.34. The molecule has 1 heterocycles.